The molecule has 0 atom stereocenters. The van der Waals surface area contributed by atoms with Crippen LogP contribution < -0.4 is 25.2 Å². The number of benzene rings is 2. The number of H-pyrrole nitrogens is 1. The first kappa shape index (κ1) is 24.6. The van der Waals surface area contributed by atoms with E-state index in [1.165, 1.54) is 62.4 Å². The number of hydrogen-bond donors (Lipinski definition) is 2. The number of nitrogens with zero attached hydrogens (tertiary/aromatic N) is 2. The van der Waals surface area contributed by atoms with Gasteiger partial charge in [-0.2, -0.15) is 5.10 Å². The predicted molar refractivity (Wildman–Crippen MR) is 126 cm³/mol. The van der Waals surface area contributed by atoms with Crippen molar-refractivity contribution in [2.75, 3.05) is 21.3 Å². The van der Waals surface area contributed by atoms with E-state index in [0.717, 1.165) is 6.42 Å². The van der Waals surface area contributed by atoms with Crippen LogP contribution in [0.5, 0.6) is 17.2 Å². The van der Waals surface area contributed by atoms with Gasteiger partial charge in [0.15, 0.2) is 11.5 Å². The van der Waals surface area contributed by atoms with Crippen LogP contribution in [0.4, 0.5) is 4.39 Å². The van der Waals surface area contributed by atoms with E-state index in [0.29, 0.717) is 46.3 Å². The maximum atomic E-state index is 13.3. The van der Waals surface area contributed by atoms with Gasteiger partial charge in [-0.1, -0.05) is 13.3 Å². The van der Waals surface area contributed by atoms with Crippen molar-refractivity contribution in [2.24, 2.45) is 5.10 Å². The Morgan fingerprint density at radius 1 is 1.09 bits per heavy atom. The minimum Gasteiger partial charge on any atom is -0.493 e. The van der Waals surface area contributed by atoms with E-state index >= 15 is 0 Å². The van der Waals surface area contributed by atoms with Gasteiger partial charge in [0.1, 0.15) is 5.82 Å². The Kier molecular flexibility index (Phi) is 7.72. The number of rotatable bonds is 9. The fourth-order valence-electron chi connectivity index (χ4n) is 3.53. The van der Waals surface area contributed by atoms with Gasteiger partial charge in [0.05, 0.1) is 38.3 Å². The van der Waals surface area contributed by atoms with Crippen LogP contribution in [-0.2, 0) is 6.42 Å². The van der Waals surface area contributed by atoms with E-state index in [1.54, 1.807) is 6.92 Å². The number of ether oxygens (including phenoxy) is 3. The number of amides is 1. The minimum absolute atomic E-state index is 0.234. The molecule has 10 heteroatoms. The van der Waals surface area contributed by atoms with Gasteiger partial charge in [-0.15, -0.1) is 0 Å². The van der Waals surface area contributed by atoms with Gasteiger partial charge in [0.25, 0.3) is 11.5 Å². The molecule has 0 aliphatic carbocycles. The summed E-state index contributed by atoms with van der Waals surface area (Å²) in [6.07, 6.45) is 1.37. The first-order valence-corrected chi connectivity index (χ1v) is 10.6. The van der Waals surface area contributed by atoms with Crippen LogP contribution in [-0.4, -0.2) is 42.7 Å². The molecule has 9 nitrogen and oxygen atoms in total. The minimum atomic E-state index is -0.523. The third-order valence-corrected chi connectivity index (χ3v) is 5.16. The Balaban J connectivity index is 1.94. The summed E-state index contributed by atoms with van der Waals surface area (Å²) in [6.45, 7) is 3.62. The van der Waals surface area contributed by atoms with Crippen molar-refractivity contribution in [1.82, 2.24) is 15.2 Å². The second kappa shape index (κ2) is 10.7. The van der Waals surface area contributed by atoms with E-state index in [1.807, 2.05) is 6.92 Å². The zero-order valence-corrected chi connectivity index (χ0v) is 19.7. The normalized spacial score (nSPS) is 11.3. The standard InChI is InChI=1S/C24H27FN4O5/c1-6-7-18-21(24(31)29(28-18)17-10-8-16(25)9-11-17)14(2)26-27-23(30)15-12-19(32-3)22(34-5)20(13-15)33-4/h8-13,28H,6-7H2,1-5H3,(H,27,30). The summed E-state index contributed by atoms with van der Waals surface area (Å²) in [5.74, 6) is 0.0882. The van der Waals surface area contributed by atoms with Gasteiger partial charge in [0.2, 0.25) is 5.75 Å². The van der Waals surface area contributed by atoms with Gasteiger partial charge in [-0.3, -0.25) is 14.7 Å². The summed E-state index contributed by atoms with van der Waals surface area (Å²) in [4.78, 5) is 25.9. The molecule has 0 spiro atoms. The highest BCUT2D eigenvalue weighted by Gasteiger charge is 2.19. The molecule has 2 N–H and O–H groups in total. The summed E-state index contributed by atoms with van der Waals surface area (Å²) in [5.41, 5.74) is 4.19. The predicted octanol–water partition coefficient (Wildman–Crippen LogP) is 3.44. The smallest absolute Gasteiger partial charge is 0.280 e. The number of hydrazone groups is 1. The number of aryl methyl sites for hydroxylation is 1. The highest BCUT2D eigenvalue weighted by molar-refractivity contribution is 6.01. The van der Waals surface area contributed by atoms with Crippen LogP contribution in [0.3, 0.4) is 0 Å². The molecule has 0 aliphatic rings. The Morgan fingerprint density at radius 2 is 1.71 bits per heavy atom. The van der Waals surface area contributed by atoms with Crippen LogP contribution in [0.25, 0.3) is 5.69 Å². The van der Waals surface area contributed by atoms with Gasteiger partial charge < -0.3 is 14.2 Å². The third-order valence-electron chi connectivity index (χ3n) is 5.16. The molecule has 2 aromatic carbocycles. The molecule has 3 aromatic rings. The highest BCUT2D eigenvalue weighted by Crippen LogP contribution is 2.38. The SMILES string of the molecule is CCCc1[nH]n(-c2ccc(F)cc2)c(=O)c1C(C)=NNC(=O)c1cc(OC)c(OC)c(OC)c1. The van der Waals surface area contributed by atoms with Crippen LogP contribution in [0.1, 0.15) is 41.9 Å². The van der Waals surface area contributed by atoms with Gasteiger partial charge >= 0.3 is 0 Å². The zero-order chi connectivity index (χ0) is 24.8. The first-order valence-electron chi connectivity index (χ1n) is 10.6. The average molecular weight is 471 g/mol. The monoisotopic (exact) mass is 470 g/mol. The second-order valence-electron chi connectivity index (χ2n) is 7.38. The largest absolute Gasteiger partial charge is 0.493 e. The summed E-state index contributed by atoms with van der Waals surface area (Å²) in [6, 6.07) is 8.57. The van der Waals surface area contributed by atoms with E-state index in [4.69, 9.17) is 14.2 Å². The van der Waals surface area contributed by atoms with Gasteiger partial charge in [-0.25, -0.2) is 14.5 Å². The molecule has 0 unspecified atom stereocenters. The fraction of sp³-hybridized carbons (Fsp3) is 0.292. The molecule has 1 heterocycles. The molecule has 1 aromatic heterocycles. The summed E-state index contributed by atoms with van der Waals surface area (Å²) >= 11 is 0. The molecule has 180 valence electrons. The number of nitrogens with one attached hydrogen (secondary N) is 2. The molecule has 0 fully saturated rings. The fourth-order valence-corrected chi connectivity index (χ4v) is 3.53. The molecule has 0 radical (unpaired) electrons. The Labute approximate surface area is 196 Å². The van der Waals surface area contributed by atoms with E-state index in [2.05, 4.69) is 15.6 Å². The van der Waals surface area contributed by atoms with E-state index < -0.39 is 11.7 Å². The zero-order valence-electron chi connectivity index (χ0n) is 19.7. The number of aromatic nitrogens is 2. The van der Waals surface area contributed by atoms with Crippen LogP contribution in [0, 0.1) is 5.82 Å². The molecule has 0 saturated carbocycles. The summed E-state index contributed by atoms with van der Waals surface area (Å²) in [7, 11) is 4.38. The van der Waals surface area contributed by atoms with Crippen molar-refractivity contribution >= 4 is 11.6 Å². The van der Waals surface area contributed by atoms with Crippen LogP contribution >= 0.6 is 0 Å². The lowest BCUT2D eigenvalue weighted by Crippen LogP contribution is -2.23. The van der Waals surface area contributed by atoms with Gasteiger partial charge in [0, 0.05) is 11.3 Å². The van der Waals surface area contributed by atoms with Crippen molar-refractivity contribution in [3.05, 3.63) is 69.4 Å². The molecular weight excluding hydrogens is 443 g/mol. The molecule has 0 saturated heterocycles. The first-order chi connectivity index (χ1) is 16.3. The summed E-state index contributed by atoms with van der Waals surface area (Å²) < 4.78 is 30.5. The molecule has 34 heavy (non-hydrogen) atoms. The number of hydrogen-bond acceptors (Lipinski definition) is 6. The number of aromatic amines is 1. The molecule has 0 aliphatic heterocycles. The Bertz CT molecular complexity index is 1240. The highest BCUT2D eigenvalue weighted by atomic mass is 19.1. The van der Waals surface area contributed by atoms with E-state index in [-0.39, 0.29) is 11.1 Å². The van der Waals surface area contributed by atoms with Crippen molar-refractivity contribution < 1.29 is 23.4 Å². The van der Waals surface area contributed by atoms with Crippen molar-refractivity contribution in [3.63, 3.8) is 0 Å². The lowest BCUT2D eigenvalue weighted by molar-refractivity contribution is 0.0954. The lowest BCUT2D eigenvalue weighted by atomic mass is 10.1. The molecule has 0 bridgehead atoms. The van der Waals surface area contributed by atoms with Crippen molar-refractivity contribution in [2.45, 2.75) is 26.7 Å². The lowest BCUT2D eigenvalue weighted by Gasteiger charge is -2.13. The Morgan fingerprint density at radius 3 is 2.24 bits per heavy atom. The average Bonchev–Trinajstić information content (AvgIpc) is 3.17. The van der Waals surface area contributed by atoms with Crippen LogP contribution in [0.2, 0.25) is 0 Å². The van der Waals surface area contributed by atoms with Crippen molar-refractivity contribution in [3.8, 4) is 22.9 Å². The van der Waals surface area contributed by atoms with Gasteiger partial charge in [-0.05, 0) is 49.7 Å². The molecule has 1 amide bonds. The second-order valence-corrected chi connectivity index (χ2v) is 7.38. The molecular formula is C24H27FN4O5. The Hall–Kier alpha value is -4.08. The quantitative estimate of drug-likeness (QED) is 0.368. The van der Waals surface area contributed by atoms with E-state index in [9.17, 15) is 14.0 Å². The maximum Gasteiger partial charge on any atom is 0.280 e. The number of halogens is 1. The maximum absolute atomic E-state index is 13.3. The third kappa shape index (κ3) is 4.95. The van der Waals surface area contributed by atoms with Crippen LogP contribution in [0.15, 0.2) is 46.3 Å². The number of carbonyl (C=O) groups excluding carboxylic acids is 1. The summed E-state index contributed by atoms with van der Waals surface area (Å²) in [5, 5.41) is 7.23. The number of methoxy groups -OCH3 is 3. The topological polar surface area (TPSA) is 107 Å². The molecule has 3 rings (SSSR count). The van der Waals surface area contributed by atoms with Crippen molar-refractivity contribution in [1.29, 1.82) is 0 Å². The number of carbonyl (C=O) groups is 1.